The largest absolute Gasteiger partial charge is 0.452 e. The van der Waals surface area contributed by atoms with Crippen LogP contribution >= 0.6 is 11.6 Å². The maximum absolute atomic E-state index is 13.1. The zero-order valence-corrected chi connectivity index (χ0v) is 14.7. The van der Waals surface area contributed by atoms with Crippen LogP contribution in [0.4, 0.5) is 10.1 Å². The molecule has 1 aliphatic rings. The van der Waals surface area contributed by atoms with Gasteiger partial charge in [0.25, 0.3) is 5.91 Å². The molecule has 0 bridgehead atoms. The van der Waals surface area contributed by atoms with Gasteiger partial charge in [-0.25, -0.2) is 9.18 Å². The fourth-order valence-corrected chi connectivity index (χ4v) is 3.02. The van der Waals surface area contributed by atoms with Gasteiger partial charge in [0.05, 0.1) is 5.02 Å². The molecule has 0 fully saturated rings. The Morgan fingerprint density at radius 3 is 2.85 bits per heavy atom. The van der Waals surface area contributed by atoms with E-state index in [9.17, 15) is 14.0 Å². The van der Waals surface area contributed by atoms with Crippen LogP contribution in [0.2, 0.25) is 5.02 Å². The summed E-state index contributed by atoms with van der Waals surface area (Å²) in [6.45, 7) is 0.277. The van der Waals surface area contributed by atoms with Crippen LogP contribution in [0.5, 0.6) is 0 Å². The summed E-state index contributed by atoms with van der Waals surface area (Å²) in [7, 11) is 0. The van der Waals surface area contributed by atoms with E-state index in [2.05, 4.69) is 0 Å². The third-order valence-electron chi connectivity index (χ3n) is 4.10. The molecule has 0 atom stereocenters. The number of carbonyl (C=O) groups excluding carboxylic acids is 2. The number of carbonyl (C=O) groups is 2. The first-order valence-corrected chi connectivity index (χ1v) is 8.60. The highest BCUT2D eigenvalue weighted by molar-refractivity contribution is 6.30. The molecule has 4 nitrogen and oxygen atoms in total. The highest BCUT2D eigenvalue weighted by Gasteiger charge is 2.22. The van der Waals surface area contributed by atoms with E-state index in [0.29, 0.717) is 12.1 Å². The van der Waals surface area contributed by atoms with Crippen molar-refractivity contribution in [2.24, 2.45) is 0 Å². The smallest absolute Gasteiger partial charge is 0.331 e. The Kier molecular flexibility index (Phi) is 5.68. The van der Waals surface area contributed by atoms with Crippen LogP contribution in [-0.4, -0.2) is 25.0 Å². The Hall–Kier alpha value is -2.66. The predicted octanol–water partition coefficient (Wildman–Crippen LogP) is 4.01. The Morgan fingerprint density at radius 2 is 2.04 bits per heavy atom. The first-order chi connectivity index (χ1) is 12.5. The average molecular weight is 374 g/mol. The van der Waals surface area contributed by atoms with Crippen molar-refractivity contribution in [1.82, 2.24) is 0 Å². The maximum atomic E-state index is 13.1. The minimum absolute atomic E-state index is 0.0283. The van der Waals surface area contributed by atoms with Gasteiger partial charge in [0.15, 0.2) is 6.61 Å². The molecule has 6 heteroatoms. The van der Waals surface area contributed by atoms with Crippen LogP contribution in [0.15, 0.2) is 48.5 Å². The predicted molar refractivity (Wildman–Crippen MR) is 98.5 cm³/mol. The molecule has 26 heavy (non-hydrogen) atoms. The van der Waals surface area contributed by atoms with Crippen molar-refractivity contribution in [1.29, 1.82) is 0 Å². The van der Waals surface area contributed by atoms with Crippen LogP contribution in [0.25, 0.3) is 6.08 Å². The van der Waals surface area contributed by atoms with Crippen molar-refractivity contribution in [2.75, 3.05) is 18.1 Å². The quantitative estimate of drug-likeness (QED) is 0.600. The maximum Gasteiger partial charge on any atom is 0.331 e. The second-order valence-electron chi connectivity index (χ2n) is 5.89. The lowest BCUT2D eigenvalue weighted by molar-refractivity contribution is -0.142. The van der Waals surface area contributed by atoms with E-state index in [4.69, 9.17) is 16.3 Å². The second-order valence-corrected chi connectivity index (χ2v) is 6.30. The molecule has 0 aliphatic carbocycles. The molecule has 0 saturated carbocycles. The first kappa shape index (κ1) is 18.1. The number of hydrogen-bond acceptors (Lipinski definition) is 3. The van der Waals surface area contributed by atoms with Crippen molar-refractivity contribution < 1.29 is 18.7 Å². The highest BCUT2D eigenvalue weighted by atomic mass is 35.5. The Balaban J connectivity index is 1.57. The fraction of sp³-hybridized carbons (Fsp3) is 0.200. The molecule has 0 saturated heterocycles. The van der Waals surface area contributed by atoms with Crippen molar-refractivity contribution >= 4 is 35.2 Å². The number of halogens is 2. The Labute approximate surface area is 155 Å². The Bertz CT molecular complexity index is 866. The molecule has 0 N–H and O–H groups in total. The lowest BCUT2D eigenvalue weighted by atomic mass is 10.0. The van der Waals surface area contributed by atoms with Gasteiger partial charge in [-0.1, -0.05) is 35.9 Å². The Morgan fingerprint density at radius 1 is 1.23 bits per heavy atom. The minimum Gasteiger partial charge on any atom is -0.452 e. The van der Waals surface area contributed by atoms with Gasteiger partial charge in [0, 0.05) is 18.3 Å². The van der Waals surface area contributed by atoms with Crippen molar-refractivity contribution in [3.63, 3.8) is 0 Å². The molecule has 1 aliphatic heterocycles. The molecule has 1 heterocycles. The molecule has 0 spiro atoms. The first-order valence-electron chi connectivity index (χ1n) is 8.23. The third-order valence-corrected chi connectivity index (χ3v) is 4.39. The number of anilines is 1. The van der Waals surface area contributed by atoms with Crippen LogP contribution in [-0.2, 0) is 20.7 Å². The van der Waals surface area contributed by atoms with Crippen molar-refractivity contribution in [3.05, 3.63) is 70.5 Å². The number of amides is 1. The zero-order valence-electron chi connectivity index (χ0n) is 14.0. The summed E-state index contributed by atoms with van der Waals surface area (Å²) >= 11 is 5.68. The van der Waals surface area contributed by atoms with Crippen molar-refractivity contribution in [3.8, 4) is 0 Å². The fourth-order valence-electron chi connectivity index (χ4n) is 2.83. The highest BCUT2D eigenvalue weighted by Crippen LogP contribution is 2.26. The molecule has 2 aromatic rings. The molecule has 0 radical (unpaired) electrons. The summed E-state index contributed by atoms with van der Waals surface area (Å²) in [5.41, 5.74) is 2.55. The van der Waals surface area contributed by atoms with Gasteiger partial charge in [0.2, 0.25) is 0 Å². The molecule has 0 unspecified atom stereocenters. The van der Waals surface area contributed by atoms with E-state index in [1.54, 1.807) is 4.90 Å². The van der Waals surface area contributed by atoms with Crippen LogP contribution in [0, 0.1) is 5.82 Å². The number of hydrogen-bond donors (Lipinski definition) is 0. The summed E-state index contributed by atoms with van der Waals surface area (Å²) < 4.78 is 18.1. The van der Waals surface area contributed by atoms with Gasteiger partial charge in [0.1, 0.15) is 5.82 Å². The number of nitrogens with zero attached hydrogens (tertiary/aromatic N) is 1. The van der Waals surface area contributed by atoms with Crippen LogP contribution < -0.4 is 4.90 Å². The lowest BCUT2D eigenvalue weighted by Gasteiger charge is -2.29. The zero-order chi connectivity index (χ0) is 18.5. The standard InChI is InChI=1S/C20H17ClFNO3/c21-16-12-14(7-9-17(16)22)8-10-20(25)26-13-19(24)23-11-3-5-15-4-1-2-6-18(15)23/h1-2,4,6-10,12H,3,5,11,13H2/b10-8+. The van der Waals surface area contributed by atoms with Gasteiger partial charge in [-0.15, -0.1) is 0 Å². The van der Waals surface area contributed by atoms with E-state index in [1.165, 1.54) is 30.4 Å². The van der Waals surface area contributed by atoms with Gasteiger partial charge in [-0.2, -0.15) is 0 Å². The number of fused-ring (bicyclic) bond motifs is 1. The molecule has 1 amide bonds. The van der Waals surface area contributed by atoms with Gasteiger partial charge in [-0.05, 0) is 48.2 Å². The van der Waals surface area contributed by atoms with E-state index in [1.807, 2.05) is 24.3 Å². The van der Waals surface area contributed by atoms with E-state index in [0.717, 1.165) is 24.1 Å². The van der Waals surface area contributed by atoms with Gasteiger partial charge in [-0.3, -0.25) is 4.79 Å². The topological polar surface area (TPSA) is 46.6 Å². The summed E-state index contributed by atoms with van der Waals surface area (Å²) in [6.07, 6.45) is 4.44. The number of ether oxygens (including phenoxy) is 1. The number of esters is 1. The molecular formula is C20H17ClFNO3. The molecule has 134 valence electrons. The SMILES string of the molecule is O=C(/C=C/c1ccc(F)c(Cl)c1)OCC(=O)N1CCCc2ccccc21. The minimum atomic E-state index is -0.649. The van der Waals surface area contributed by atoms with E-state index in [-0.39, 0.29) is 17.5 Å². The molecular weight excluding hydrogens is 357 g/mol. The summed E-state index contributed by atoms with van der Waals surface area (Å²) in [6, 6.07) is 11.8. The van der Waals surface area contributed by atoms with Gasteiger partial charge < -0.3 is 9.64 Å². The number of benzene rings is 2. The number of para-hydroxylation sites is 1. The molecule has 3 rings (SSSR count). The molecule has 2 aromatic carbocycles. The van der Waals surface area contributed by atoms with E-state index < -0.39 is 11.8 Å². The summed E-state index contributed by atoms with van der Waals surface area (Å²) in [4.78, 5) is 25.8. The van der Waals surface area contributed by atoms with Crippen LogP contribution in [0.1, 0.15) is 17.5 Å². The average Bonchev–Trinajstić information content (AvgIpc) is 2.66. The lowest BCUT2D eigenvalue weighted by Crippen LogP contribution is -2.38. The summed E-state index contributed by atoms with van der Waals surface area (Å²) in [5.74, 6) is -1.44. The number of aryl methyl sites for hydroxylation is 1. The monoisotopic (exact) mass is 373 g/mol. The third kappa shape index (κ3) is 4.29. The summed E-state index contributed by atoms with van der Waals surface area (Å²) in [5, 5.41) is -0.0283. The normalized spacial score (nSPS) is 13.5. The van der Waals surface area contributed by atoms with Gasteiger partial charge >= 0.3 is 5.97 Å². The van der Waals surface area contributed by atoms with E-state index >= 15 is 0 Å². The van der Waals surface area contributed by atoms with Crippen LogP contribution in [0.3, 0.4) is 0 Å². The van der Waals surface area contributed by atoms with Crippen molar-refractivity contribution in [2.45, 2.75) is 12.8 Å². The second kappa shape index (κ2) is 8.15. The number of rotatable bonds is 4. The molecule has 0 aromatic heterocycles.